The molecule has 1 saturated carbocycles. The zero-order valence-electron chi connectivity index (χ0n) is 15.4. The molecule has 0 aromatic heterocycles. The van der Waals surface area contributed by atoms with Crippen LogP contribution in [-0.4, -0.2) is 19.5 Å². The van der Waals surface area contributed by atoms with Gasteiger partial charge in [0.1, 0.15) is 0 Å². The highest BCUT2D eigenvalue weighted by Crippen LogP contribution is 2.40. The average molecular weight is 371 g/mol. The fraction of sp³-hybridized carbons (Fsp3) is 0.478. The molecule has 1 aliphatic heterocycles. The molecule has 2 aliphatic rings. The standard InChI is InChI=1S/C23H27ClO2/c1-16-2-5-20(18-8-10-21(24)11-9-18)15-22(16)19-6-3-17(4-7-19)14-23-25-12-13-26-23/h2,5,8-11,15,17,19,23H,3-4,6-7,12-14H2,1H3. The zero-order valence-corrected chi connectivity index (χ0v) is 16.2. The monoisotopic (exact) mass is 370 g/mol. The predicted octanol–water partition coefficient (Wildman–Crippen LogP) is 6.35. The quantitative estimate of drug-likeness (QED) is 0.624. The fourth-order valence-corrected chi connectivity index (χ4v) is 4.55. The number of hydrogen-bond donors (Lipinski definition) is 0. The Labute approximate surface area is 161 Å². The molecule has 26 heavy (non-hydrogen) atoms. The summed E-state index contributed by atoms with van der Waals surface area (Å²) in [5, 5.41) is 0.787. The third kappa shape index (κ3) is 4.14. The fourth-order valence-electron chi connectivity index (χ4n) is 4.43. The van der Waals surface area contributed by atoms with Gasteiger partial charge in [-0.25, -0.2) is 0 Å². The van der Waals surface area contributed by atoms with Gasteiger partial charge in [-0.05, 0) is 78.8 Å². The van der Waals surface area contributed by atoms with Gasteiger partial charge in [-0.3, -0.25) is 0 Å². The van der Waals surface area contributed by atoms with E-state index >= 15 is 0 Å². The topological polar surface area (TPSA) is 18.5 Å². The van der Waals surface area contributed by atoms with Crippen LogP contribution in [0.4, 0.5) is 0 Å². The van der Waals surface area contributed by atoms with Crippen LogP contribution in [0.2, 0.25) is 5.02 Å². The van der Waals surface area contributed by atoms with Crippen molar-refractivity contribution in [3.8, 4) is 11.1 Å². The average Bonchev–Trinajstić information content (AvgIpc) is 3.17. The van der Waals surface area contributed by atoms with Crippen LogP contribution in [0.3, 0.4) is 0 Å². The lowest BCUT2D eigenvalue weighted by Crippen LogP contribution is -2.20. The van der Waals surface area contributed by atoms with Gasteiger partial charge in [0.05, 0.1) is 13.2 Å². The van der Waals surface area contributed by atoms with Crippen LogP contribution in [0, 0.1) is 12.8 Å². The summed E-state index contributed by atoms with van der Waals surface area (Å²) in [5.41, 5.74) is 5.45. The number of hydrogen-bond acceptors (Lipinski definition) is 2. The van der Waals surface area contributed by atoms with Crippen molar-refractivity contribution in [2.45, 2.75) is 51.2 Å². The van der Waals surface area contributed by atoms with Crippen LogP contribution in [0.25, 0.3) is 11.1 Å². The highest BCUT2D eigenvalue weighted by Gasteiger charge is 2.27. The van der Waals surface area contributed by atoms with E-state index in [4.69, 9.17) is 21.1 Å². The maximum atomic E-state index is 6.03. The van der Waals surface area contributed by atoms with Crippen LogP contribution in [-0.2, 0) is 9.47 Å². The first-order valence-corrected chi connectivity index (χ1v) is 10.2. The number of aryl methyl sites for hydroxylation is 1. The van der Waals surface area contributed by atoms with Gasteiger partial charge in [-0.15, -0.1) is 0 Å². The lowest BCUT2D eigenvalue weighted by Gasteiger charge is -2.31. The summed E-state index contributed by atoms with van der Waals surface area (Å²) >= 11 is 6.03. The molecule has 0 radical (unpaired) electrons. The highest BCUT2D eigenvalue weighted by molar-refractivity contribution is 6.30. The van der Waals surface area contributed by atoms with E-state index in [1.807, 2.05) is 12.1 Å². The summed E-state index contributed by atoms with van der Waals surface area (Å²) in [7, 11) is 0. The van der Waals surface area contributed by atoms with Crippen molar-refractivity contribution in [3.63, 3.8) is 0 Å². The molecule has 0 unspecified atom stereocenters. The molecule has 2 nitrogen and oxygen atoms in total. The van der Waals surface area contributed by atoms with Gasteiger partial charge in [-0.1, -0.05) is 41.9 Å². The summed E-state index contributed by atoms with van der Waals surface area (Å²) in [5.74, 6) is 1.41. The Morgan fingerprint density at radius 3 is 2.23 bits per heavy atom. The van der Waals surface area contributed by atoms with E-state index < -0.39 is 0 Å². The molecule has 2 aromatic carbocycles. The predicted molar refractivity (Wildman–Crippen MR) is 107 cm³/mol. The molecule has 4 rings (SSSR count). The van der Waals surface area contributed by atoms with E-state index in [2.05, 4.69) is 37.3 Å². The summed E-state index contributed by atoms with van der Waals surface area (Å²) in [6.07, 6.45) is 6.20. The first-order chi connectivity index (χ1) is 12.7. The first kappa shape index (κ1) is 18.0. The second-order valence-corrected chi connectivity index (χ2v) is 8.14. The van der Waals surface area contributed by atoms with Crippen molar-refractivity contribution in [2.75, 3.05) is 13.2 Å². The molecule has 1 heterocycles. The summed E-state index contributed by atoms with van der Waals surface area (Å²) < 4.78 is 11.3. The van der Waals surface area contributed by atoms with E-state index in [1.165, 1.54) is 47.9 Å². The van der Waals surface area contributed by atoms with Gasteiger partial charge in [0, 0.05) is 11.4 Å². The first-order valence-electron chi connectivity index (χ1n) is 9.79. The largest absolute Gasteiger partial charge is 0.350 e. The maximum absolute atomic E-state index is 6.03. The molecular formula is C23H27ClO2. The summed E-state index contributed by atoms with van der Waals surface area (Å²) in [6.45, 7) is 3.76. The number of ether oxygens (including phenoxy) is 2. The molecule has 3 heteroatoms. The van der Waals surface area contributed by atoms with E-state index in [1.54, 1.807) is 0 Å². The molecule has 0 N–H and O–H groups in total. The molecule has 2 fully saturated rings. The zero-order chi connectivity index (χ0) is 17.9. The van der Waals surface area contributed by atoms with Crippen molar-refractivity contribution in [3.05, 3.63) is 58.6 Å². The van der Waals surface area contributed by atoms with E-state index in [0.717, 1.165) is 30.6 Å². The molecule has 138 valence electrons. The van der Waals surface area contributed by atoms with Crippen LogP contribution < -0.4 is 0 Å². The second kappa shape index (κ2) is 8.12. The molecule has 2 aromatic rings. The number of rotatable bonds is 4. The third-order valence-corrected chi connectivity index (χ3v) is 6.21. The number of halogens is 1. The van der Waals surface area contributed by atoms with E-state index in [9.17, 15) is 0 Å². The van der Waals surface area contributed by atoms with Crippen LogP contribution in [0.15, 0.2) is 42.5 Å². The minimum absolute atomic E-state index is 0.0477. The van der Waals surface area contributed by atoms with Crippen molar-refractivity contribution < 1.29 is 9.47 Å². The van der Waals surface area contributed by atoms with Gasteiger partial charge in [0.15, 0.2) is 6.29 Å². The summed E-state index contributed by atoms with van der Waals surface area (Å²) in [4.78, 5) is 0. The van der Waals surface area contributed by atoms with Gasteiger partial charge in [0.25, 0.3) is 0 Å². The van der Waals surface area contributed by atoms with Crippen LogP contribution in [0.1, 0.15) is 49.1 Å². The summed E-state index contributed by atoms with van der Waals surface area (Å²) in [6, 6.07) is 15.0. The van der Waals surface area contributed by atoms with Crippen molar-refractivity contribution in [1.82, 2.24) is 0 Å². The minimum atomic E-state index is 0.0477. The molecule has 1 aliphatic carbocycles. The molecule has 0 amide bonds. The van der Waals surface area contributed by atoms with Crippen LogP contribution >= 0.6 is 11.6 Å². The van der Waals surface area contributed by atoms with Crippen molar-refractivity contribution >= 4 is 11.6 Å². The highest BCUT2D eigenvalue weighted by atomic mass is 35.5. The normalized spacial score (nSPS) is 24.1. The lowest BCUT2D eigenvalue weighted by atomic mass is 9.76. The second-order valence-electron chi connectivity index (χ2n) is 7.70. The minimum Gasteiger partial charge on any atom is -0.350 e. The van der Waals surface area contributed by atoms with Crippen LogP contribution in [0.5, 0.6) is 0 Å². The maximum Gasteiger partial charge on any atom is 0.158 e. The van der Waals surface area contributed by atoms with Crippen molar-refractivity contribution in [1.29, 1.82) is 0 Å². The Balaban J connectivity index is 1.44. The molecule has 0 atom stereocenters. The Morgan fingerprint density at radius 1 is 0.885 bits per heavy atom. The third-order valence-electron chi connectivity index (χ3n) is 5.96. The van der Waals surface area contributed by atoms with Gasteiger partial charge < -0.3 is 9.47 Å². The van der Waals surface area contributed by atoms with Gasteiger partial charge >= 0.3 is 0 Å². The van der Waals surface area contributed by atoms with E-state index in [0.29, 0.717) is 5.92 Å². The Kier molecular flexibility index (Phi) is 5.63. The SMILES string of the molecule is Cc1ccc(-c2ccc(Cl)cc2)cc1C1CCC(CC2OCCO2)CC1. The van der Waals surface area contributed by atoms with Gasteiger partial charge in [0.2, 0.25) is 0 Å². The molecule has 0 bridgehead atoms. The van der Waals surface area contributed by atoms with Gasteiger partial charge in [-0.2, -0.15) is 0 Å². The van der Waals surface area contributed by atoms with Crippen molar-refractivity contribution in [2.24, 2.45) is 5.92 Å². The Hall–Kier alpha value is -1.35. The molecular weight excluding hydrogens is 344 g/mol. The number of benzene rings is 2. The van der Waals surface area contributed by atoms with E-state index in [-0.39, 0.29) is 6.29 Å². The molecule has 1 saturated heterocycles. The lowest BCUT2D eigenvalue weighted by molar-refractivity contribution is -0.0600. The Morgan fingerprint density at radius 2 is 1.54 bits per heavy atom. The molecule has 0 spiro atoms. The smallest absolute Gasteiger partial charge is 0.158 e. The Bertz CT molecular complexity index is 726.